The molecule has 2 heterocycles. The van der Waals surface area contributed by atoms with E-state index in [1.54, 1.807) is 50.4 Å². The van der Waals surface area contributed by atoms with Gasteiger partial charge in [-0.1, -0.05) is 24.4 Å². The number of benzene rings is 1. The van der Waals surface area contributed by atoms with Crippen LogP contribution in [0.4, 0.5) is 5.69 Å². The molecule has 3 rings (SSSR count). The third-order valence-electron chi connectivity index (χ3n) is 4.75. The number of rotatable bonds is 9. The minimum atomic E-state index is -0.754. The van der Waals surface area contributed by atoms with Crippen LogP contribution >= 0.6 is 11.8 Å². The van der Waals surface area contributed by atoms with Crippen molar-refractivity contribution in [3.63, 3.8) is 0 Å². The summed E-state index contributed by atoms with van der Waals surface area (Å²) in [4.78, 5) is 25.2. The Balaban J connectivity index is 1.80. The van der Waals surface area contributed by atoms with Gasteiger partial charge >= 0.3 is 5.97 Å². The first-order valence-electron chi connectivity index (χ1n) is 9.98. The number of amides is 1. The molecule has 0 fully saturated rings. The van der Waals surface area contributed by atoms with Crippen LogP contribution in [0.15, 0.2) is 81.6 Å². The Bertz CT molecular complexity index is 1130. The molecule has 2 aromatic rings. The zero-order valence-electron chi connectivity index (χ0n) is 18.2. The smallest absolute Gasteiger partial charge is 0.337 e. The summed E-state index contributed by atoms with van der Waals surface area (Å²) in [7, 11) is 1.57. The van der Waals surface area contributed by atoms with Crippen LogP contribution in [0.3, 0.4) is 0 Å². The highest BCUT2D eigenvalue weighted by Crippen LogP contribution is 2.41. The summed E-state index contributed by atoms with van der Waals surface area (Å²) in [6, 6.07) is 12.5. The van der Waals surface area contributed by atoms with E-state index in [0.717, 1.165) is 0 Å². The second-order valence-electron chi connectivity index (χ2n) is 6.92. The van der Waals surface area contributed by atoms with Crippen molar-refractivity contribution in [2.45, 2.75) is 12.8 Å². The molecule has 1 amide bonds. The summed E-state index contributed by atoms with van der Waals surface area (Å²) in [5, 5.41) is 16.3. The van der Waals surface area contributed by atoms with Gasteiger partial charge in [-0.3, -0.25) is 4.79 Å². The number of carbonyl (C=O) groups excluding carboxylic acids is 2. The van der Waals surface area contributed by atoms with E-state index in [9.17, 15) is 14.9 Å². The lowest BCUT2D eigenvalue weighted by atomic mass is 9.86. The standard InChI is InChI=1S/C24H23N3O5S/c1-4-11-32-24(29)21-15(2)26-23(18(13-25)22(21)19-6-5-12-31-19)33-14-20(28)27-16-7-9-17(30-3)10-8-16/h4-10,12,22,26H,1,11,14H2,2-3H3,(H,27,28)/t22-/m1/s1. The maximum Gasteiger partial charge on any atom is 0.337 e. The molecule has 33 heavy (non-hydrogen) atoms. The van der Waals surface area contributed by atoms with Crippen LogP contribution in [-0.2, 0) is 14.3 Å². The molecule has 2 N–H and O–H groups in total. The summed E-state index contributed by atoms with van der Waals surface area (Å²) in [5.41, 5.74) is 1.69. The van der Waals surface area contributed by atoms with Crippen LogP contribution in [-0.4, -0.2) is 31.3 Å². The number of carbonyl (C=O) groups is 2. The maximum absolute atomic E-state index is 12.7. The molecule has 170 valence electrons. The zero-order chi connectivity index (χ0) is 23.8. The SMILES string of the molecule is C=CCOC(=O)C1=C(C)NC(SCC(=O)Nc2ccc(OC)cc2)=C(C#N)[C@@H]1c1ccco1. The number of nitrogens with one attached hydrogen (secondary N) is 2. The number of ether oxygens (including phenoxy) is 2. The Labute approximate surface area is 195 Å². The molecule has 0 saturated heterocycles. The summed E-state index contributed by atoms with van der Waals surface area (Å²) in [6.07, 6.45) is 2.94. The molecule has 1 aromatic heterocycles. The lowest BCUT2D eigenvalue weighted by molar-refractivity contribution is -0.138. The molecule has 0 spiro atoms. The summed E-state index contributed by atoms with van der Waals surface area (Å²) in [6.45, 7) is 5.31. The average molecular weight is 466 g/mol. The molecule has 1 aliphatic heterocycles. The van der Waals surface area contributed by atoms with Gasteiger partial charge in [0.05, 0.1) is 47.3 Å². The van der Waals surface area contributed by atoms with Gasteiger partial charge < -0.3 is 24.5 Å². The molecule has 1 aromatic carbocycles. The Hall–Kier alpha value is -3.90. The molecule has 0 aliphatic carbocycles. The highest BCUT2D eigenvalue weighted by molar-refractivity contribution is 8.03. The van der Waals surface area contributed by atoms with Crippen LogP contribution in [0, 0.1) is 11.3 Å². The molecule has 0 unspecified atom stereocenters. The van der Waals surface area contributed by atoms with Crippen LogP contribution in [0.2, 0.25) is 0 Å². The Morgan fingerprint density at radius 2 is 2.09 bits per heavy atom. The van der Waals surface area contributed by atoms with Gasteiger partial charge in [-0.25, -0.2) is 4.79 Å². The molecule has 1 atom stereocenters. The van der Waals surface area contributed by atoms with E-state index in [4.69, 9.17) is 13.9 Å². The quantitative estimate of drug-likeness (QED) is 0.421. The number of allylic oxidation sites excluding steroid dienone is 2. The monoisotopic (exact) mass is 465 g/mol. The fourth-order valence-corrected chi connectivity index (χ4v) is 4.15. The van der Waals surface area contributed by atoms with Crippen molar-refractivity contribution in [3.05, 3.63) is 82.9 Å². The third-order valence-corrected chi connectivity index (χ3v) is 5.77. The van der Waals surface area contributed by atoms with Crippen molar-refractivity contribution in [1.29, 1.82) is 5.26 Å². The van der Waals surface area contributed by atoms with Gasteiger partial charge in [0.25, 0.3) is 0 Å². The summed E-state index contributed by atoms with van der Waals surface area (Å²) >= 11 is 1.17. The minimum absolute atomic E-state index is 0.0409. The normalized spacial score (nSPS) is 15.4. The van der Waals surface area contributed by atoms with Gasteiger partial charge in [-0.15, -0.1) is 0 Å². The molecular formula is C24H23N3O5S. The lowest BCUT2D eigenvalue weighted by Crippen LogP contribution is -2.29. The number of esters is 1. The second-order valence-corrected chi connectivity index (χ2v) is 7.90. The predicted molar refractivity (Wildman–Crippen MR) is 125 cm³/mol. The van der Waals surface area contributed by atoms with Gasteiger partial charge in [-0.2, -0.15) is 5.26 Å². The van der Waals surface area contributed by atoms with Crippen LogP contribution < -0.4 is 15.4 Å². The molecule has 0 radical (unpaired) electrons. The molecule has 8 nitrogen and oxygen atoms in total. The molecule has 9 heteroatoms. The third kappa shape index (κ3) is 5.67. The number of thioether (sulfide) groups is 1. The van der Waals surface area contributed by atoms with Crippen molar-refractivity contribution >= 4 is 29.3 Å². The van der Waals surface area contributed by atoms with Crippen molar-refractivity contribution in [2.24, 2.45) is 0 Å². The van der Waals surface area contributed by atoms with E-state index in [2.05, 4.69) is 23.3 Å². The second kappa shape index (κ2) is 11.1. The Morgan fingerprint density at radius 3 is 2.70 bits per heavy atom. The number of furan rings is 1. The average Bonchev–Trinajstić information content (AvgIpc) is 3.35. The number of hydrogen-bond donors (Lipinski definition) is 2. The predicted octanol–water partition coefficient (Wildman–Crippen LogP) is 4.09. The first-order chi connectivity index (χ1) is 16.0. The van der Waals surface area contributed by atoms with Gasteiger partial charge in [0.2, 0.25) is 5.91 Å². The fraction of sp³-hybridized carbons (Fsp3) is 0.208. The highest BCUT2D eigenvalue weighted by Gasteiger charge is 2.37. The van der Waals surface area contributed by atoms with E-state index < -0.39 is 11.9 Å². The van der Waals surface area contributed by atoms with E-state index in [0.29, 0.717) is 27.9 Å². The number of methoxy groups -OCH3 is 1. The highest BCUT2D eigenvalue weighted by atomic mass is 32.2. The molecule has 0 saturated carbocycles. The van der Waals surface area contributed by atoms with E-state index in [-0.39, 0.29) is 29.4 Å². The minimum Gasteiger partial charge on any atom is -0.497 e. The number of dihydropyridines is 1. The van der Waals surface area contributed by atoms with Crippen molar-refractivity contribution < 1.29 is 23.5 Å². The lowest BCUT2D eigenvalue weighted by Gasteiger charge is -2.27. The molecular weight excluding hydrogens is 442 g/mol. The van der Waals surface area contributed by atoms with E-state index >= 15 is 0 Å². The van der Waals surface area contributed by atoms with Gasteiger partial charge in [0.1, 0.15) is 18.1 Å². The first kappa shape index (κ1) is 23.8. The summed E-state index contributed by atoms with van der Waals surface area (Å²) < 4.78 is 15.9. The van der Waals surface area contributed by atoms with E-state index in [1.165, 1.54) is 24.1 Å². The van der Waals surface area contributed by atoms with Gasteiger partial charge in [-0.05, 0) is 43.3 Å². The largest absolute Gasteiger partial charge is 0.497 e. The van der Waals surface area contributed by atoms with Crippen LogP contribution in [0.5, 0.6) is 5.75 Å². The van der Waals surface area contributed by atoms with Crippen molar-refractivity contribution in [3.8, 4) is 11.8 Å². The molecule has 1 aliphatic rings. The Morgan fingerprint density at radius 1 is 1.33 bits per heavy atom. The van der Waals surface area contributed by atoms with E-state index in [1.807, 2.05) is 0 Å². The van der Waals surface area contributed by atoms with Gasteiger partial charge in [0, 0.05) is 11.4 Å². The maximum atomic E-state index is 12.7. The van der Waals surface area contributed by atoms with Gasteiger partial charge in [0.15, 0.2) is 0 Å². The number of nitrogens with zero attached hydrogens (tertiary/aromatic N) is 1. The molecule has 0 bridgehead atoms. The summed E-state index contributed by atoms with van der Waals surface area (Å²) in [5.74, 6) is -0.409. The first-order valence-corrected chi connectivity index (χ1v) is 11.0. The van der Waals surface area contributed by atoms with Crippen molar-refractivity contribution in [1.82, 2.24) is 5.32 Å². The topological polar surface area (TPSA) is 114 Å². The van der Waals surface area contributed by atoms with Crippen LogP contribution in [0.25, 0.3) is 0 Å². The number of anilines is 1. The number of nitriles is 1. The number of hydrogen-bond acceptors (Lipinski definition) is 8. The fourth-order valence-electron chi connectivity index (χ4n) is 3.26. The van der Waals surface area contributed by atoms with Crippen LogP contribution in [0.1, 0.15) is 18.6 Å². The zero-order valence-corrected chi connectivity index (χ0v) is 19.0. The van der Waals surface area contributed by atoms with Crippen molar-refractivity contribution in [2.75, 3.05) is 24.8 Å². The Kier molecular flexibility index (Phi) is 8.00.